The van der Waals surface area contributed by atoms with Crippen molar-refractivity contribution in [2.75, 3.05) is 19.7 Å². The Balaban J connectivity index is 1.63. The molecule has 2 aromatic heterocycles. The highest BCUT2D eigenvalue weighted by Gasteiger charge is 2.12. The van der Waals surface area contributed by atoms with Gasteiger partial charge < -0.3 is 20.3 Å². The predicted octanol–water partition coefficient (Wildman–Crippen LogP) is 2.24. The Hall–Kier alpha value is -2.71. The maximum absolute atomic E-state index is 9.82. The highest BCUT2D eigenvalue weighted by atomic mass is 32.1. The third-order valence-corrected chi connectivity index (χ3v) is 5.75. The SMILES string of the molecule is Cc1nnc(CN=C(NCCc2cccs2)NCC(CO)c2ccccc2)n1C. The fraction of sp³-hybridized carbons (Fsp3) is 0.381. The first-order valence-corrected chi connectivity index (χ1v) is 10.6. The minimum atomic E-state index is -0.00225. The number of rotatable bonds is 9. The maximum atomic E-state index is 9.82. The first-order chi connectivity index (χ1) is 14.2. The van der Waals surface area contributed by atoms with Gasteiger partial charge in [0.05, 0.1) is 6.61 Å². The number of aromatic nitrogens is 3. The Morgan fingerprint density at radius 1 is 1.17 bits per heavy atom. The van der Waals surface area contributed by atoms with Gasteiger partial charge in [-0.25, -0.2) is 4.99 Å². The van der Waals surface area contributed by atoms with Gasteiger partial charge in [-0.05, 0) is 30.4 Å². The lowest BCUT2D eigenvalue weighted by Crippen LogP contribution is -2.41. The van der Waals surface area contributed by atoms with Crippen LogP contribution in [-0.2, 0) is 20.0 Å². The van der Waals surface area contributed by atoms with Crippen LogP contribution in [0.2, 0.25) is 0 Å². The zero-order valence-corrected chi connectivity index (χ0v) is 17.7. The van der Waals surface area contributed by atoms with Crippen molar-refractivity contribution in [3.8, 4) is 0 Å². The largest absolute Gasteiger partial charge is 0.396 e. The van der Waals surface area contributed by atoms with E-state index in [9.17, 15) is 5.11 Å². The van der Waals surface area contributed by atoms with Crippen LogP contribution in [0.1, 0.15) is 28.0 Å². The molecule has 0 amide bonds. The van der Waals surface area contributed by atoms with Crippen molar-refractivity contribution in [1.29, 1.82) is 0 Å². The van der Waals surface area contributed by atoms with Gasteiger partial charge in [-0.15, -0.1) is 21.5 Å². The fourth-order valence-corrected chi connectivity index (χ4v) is 3.61. The summed E-state index contributed by atoms with van der Waals surface area (Å²) in [6.45, 7) is 3.79. The van der Waals surface area contributed by atoms with E-state index in [1.807, 2.05) is 48.9 Å². The van der Waals surface area contributed by atoms with E-state index in [2.05, 4.69) is 43.3 Å². The Labute approximate surface area is 175 Å². The fourth-order valence-electron chi connectivity index (χ4n) is 2.90. The molecule has 1 atom stereocenters. The van der Waals surface area contributed by atoms with Crippen molar-refractivity contribution in [3.05, 3.63) is 69.9 Å². The molecular formula is C21H28N6OS. The molecule has 8 heteroatoms. The summed E-state index contributed by atoms with van der Waals surface area (Å²) in [5.74, 6) is 2.37. The summed E-state index contributed by atoms with van der Waals surface area (Å²) in [5.41, 5.74) is 1.10. The molecule has 3 N–H and O–H groups in total. The molecule has 0 saturated carbocycles. The Morgan fingerprint density at radius 2 is 2.00 bits per heavy atom. The Bertz CT molecular complexity index is 891. The smallest absolute Gasteiger partial charge is 0.191 e. The van der Waals surface area contributed by atoms with E-state index in [0.717, 1.165) is 30.2 Å². The predicted molar refractivity (Wildman–Crippen MR) is 117 cm³/mol. The van der Waals surface area contributed by atoms with Crippen molar-refractivity contribution < 1.29 is 5.11 Å². The summed E-state index contributed by atoms with van der Waals surface area (Å²) >= 11 is 1.75. The normalized spacial score (nSPS) is 12.7. The van der Waals surface area contributed by atoms with Gasteiger partial charge in [0.2, 0.25) is 0 Å². The minimum absolute atomic E-state index is 0.00225. The zero-order chi connectivity index (χ0) is 20.5. The number of aryl methyl sites for hydroxylation is 1. The van der Waals surface area contributed by atoms with Gasteiger partial charge in [0.1, 0.15) is 12.4 Å². The van der Waals surface area contributed by atoms with E-state index in [0.29, 0.717) is 19.0 Å². The van der Waals surface area contributed by atoms with E-state index in [4.69, 9.17) is 0 Å². The summed E-state index contributed by atoms with van der Waals surface area (Å²) in [6, 6.07) is 14.2. The van der Waals surface area contributed by atoms with Crippen molar-refractivity contribution in [1.82, 2.24) is 25.4 Å². The number of guanidine groups is 1. The molecule has 154 valence electrons. The number of aliphatic imine (C=N–C) groups is 1. The molecule has 0 aliphatic carbocycles. The summed E-state index contributed by atoms with van der Waals surface area (Å²) in [6.07, 6.45) is 0.934. The molecule has 1 aromatic carbocycles. The van der Waals surface area contributed by atoms with Gasteiger partial charge in [-0.3, -0.25) is 0 Å². The average molecular weight is 413 g/mol. The monoisotopic (exact) mass is 412 g/mol. The highest BCUT2D eigenvalue weighted by molar-refractivity contribution is 7.09. The zero-order valence-electron chi connectivity index (χ0n) is 16.9. The second-order valence-electron chi connectivity index (χ2n) is 6.81. The first kappa shape index (κ1) is 21.0. The van der Waals surface area contributed by atoms with Crippen LogP contribution < -0.4 is 10.6 Å². The first-order valence-electron chi connectivity index (χ1n) is 9.72. The quantitative estimate of drug-likeness (QED) is 0.371. The summed E-state index contributed by atoms with van der Waals surface area (Å²) < 4.78 is 1.94. The number of benzene rings is 1. The number of hydrogen-bond acceptors (Lipinski definition) is 5. The van der Waals surface area contributed by atoms with Gasteiger partial charge in [0.25, 0.3) is 0 Å². The lowest BCUT2D eigenvalue weighted by Gasteiger charge is -2.18. The summed E-state index contributed by atoms with van der Waals surface area (Å²) in [4.78, 5) is 6.01. The standard InChI is InChI=1S/C21H28N6OS/c1-16-25-26-20(27(16)2)14-24-21(22-11-10-19-9-6-12-29-19)23-13-18(15-28)17-7-4-3-5-8-17/h3-9,12,18,28H,10-11,13-15H2,1-2H3,(H2,22,23,24). The van der Waals surface area contributed by atoms with E-state index in [-0.39, 0.29) is 12.5 Å². The van der Waals surface area contributed by atoms with Crippen LogP contribution in [-0.4, -0.2) is 45.5 Å². The molecule has 0 saturated heterocycles. The average Bonchev–Trinajstić information content (AvgIpc) is 3.37. The molecule has 0 aliphatic rings. The molecule has 0 fully saturated rings. The van der Waals surface area contributed by atoms with Crippen LogP contribution in [0.25, 0.3) is 0 Å². The van der Waals surface area contributed by atoms with Crippen LogP contribution in [0.3, 0.4) is 0 Å². The van der Waals surface area contributed by atoms with E-state index >= 15 is 0 Å². The van der Waals surface area contributed by atoms with E-state index in [1.165, 1.54) is 4.88 Å². The highest BCUT2D eigenvalue weighted by Crippen LogP contribution is 2.13. The number of hydrogen-bond donors (Lipinski definition) is 3. The third kappa shape index (κ3) is 6.13. The number of nitrogens with one attached hydrogen (secondary N) is 2. The molecule has 29 heavy (non-hydrogen) atoms. The molecule has 3 rings (SSSR count). The molecular weight excluding hydrogens is 384 g/mol. The lowest BCUT2D eigenvalue weighted by atomic mass is 10.0. The second kappa shape index (κ2) is 10.7. The van der Waals surface area contributed by atoms with E-state index < -0.39 is 0 Å². The van der Waals surface area contributed by atoms with Crippen molar-refractivity contribution in [3.63, 3.8) is 0 Å². The van der Waals surface area contributed by atoms with Crippen LogP contribution in [0.5, 0.6) is 0 Å². The molecule has 3 aromatic rings. The van der Waals surface area contributed by atoms with Crippen molar-refractivity contribution in [2.24, 2.45) is 12.0 Å². The van der Waals surface area contributed by atoms with Crippen molar-refractivity contribution in [2.45, 2.75) is 25.8 Å². The van der Waals surface area contributed by atoms with Crippen LogP contribution in [0.4, 0.5) is 0 Å². The van der Waals surface area contributed by atoms with Gasteiger partial charge in [0, 0.05) is 30.9 Å². The number of thiophene rings is 1. The maximum Gasteiger partial charge on any atom is 0.191 e. The molecule has 2 heterocycles. The Morgan fingerprint density at radius 3 is 2.66 bits per heavy atom. The molecule has 7 nitrogen and oxygen atoms in total. The van der Waals surface area contributed by atoms with Gasteiger partial charge in [0.15, 0.2) is 11.8 Å². The van der Waals surface area contributed by atoms with Crippen molar-refractivity contribution >= 4 is 17.3 Å². The molecule has 0 spiro atoms. The number of aliphatic hydroxyl groups is 1. The summed E-state index contributed by atoms with van der Waals surface area (Å²) in [5, 5.41) is 26.9. The molecule has 0 radical (unpaired) electrons. The second-order valence-corrected chi connectivity index (χ2v) is 7.85. The van der Waals surface area contributed by atoms with Gasteiger partial charge in [-0.2, -0.15) is 0 Å². The van der Waals surface area contributed by atoms with Crippen LogP contribution >= 0.6 is 11.3 Å². The van der Waals surface area contributed by atoms with E-state index in [1.54, 1.807) is 11.3 Å². The minimum Gasteiger partial charge on any atom is -0.396 e. The van der Waals surface area contributed by atoms with Crippen LogP contribution in [0, 0.1) is 6.92 Å². The van der Waals surface area contributed by atoms with Gasteiger partial charge >= 0.3 is 0 Å². The Kier molecular flexibility index (Phi) is 7.77. The number of nitrogens with zero attached hydrogens (tertiary/aromatic N) is 4. The third-order valence-electron chi connectivity index (χ3n) is 4.81. The molecule has 1 unspecified atom stereocenters. The topological polar surface area (TPSA) is 87.4 Å². The van der Waals surface area contributed by atoms with Gasteiger partial charge in [-0.1, -0.05) is 36.4 Å². The van der Waals surface area contributed by atoms with Crippen LogP contribution in [0.15, 0.2) is 52.8 Å². The number of aliphatic hydroxyl groups excluding tert-OH is 1. The molecule has 0 bridgehead atoms. The lowest BCUT2D eigenvalue weighted by molar-refractivity contribution is 0.265. The molecule has 0 aliphatic heterocycles. The summed E-state index contributed by atoms with van der Waals surface area (Å²) in [7, 11) is 1.94.